The van der Waals surface area contributed by atoms with Crippen molar-refractivity contribution < 1.29 is 14.6 Å². The predicted molar refractivity (Wildman–Crippen MR) is 105 cm³/mol. The van der Waals surface area contributed by atoms with Crippen molar-refractivity contribution in [2.24, 2.45) is 40.9 Å². The summed E-state index contributed by atoms with van der Waals surface area (Å²) in [4.78, 5) is 0. The van der Waals surface area contributed by atoms with Gasteiger partial charge in [0.1, 0.15) is 0 Å². The molecule has 3 heteroatoms. The zero-order valence-electron chi connectivity index (χ0n) is 17.0. The van der Waals surface area contributed by atoms with Gasteiger partial charge in [0.05, 0.1) is 18.3 Å². The van der Waals surface area contributed by atoms with Crippen LogP contribution in [0.5, 0.6) is 0 Å². The number of hydrogen-bond donors (Lipinski definition) is 1. The average molecular weight is 371 g/mol. The van der Waals surface area contributed by atoms with Crippen LogP contribution in [0, 0.1) is 53.3 Å². The van der Waals surface area contributed by atoms with Gasteiger partial charge < -0.3 is 14.6 Å². The molecule has 10 atom stereocenters. The quantitative estimate of drug-likeness (QED) is 0.514. The van der Waals surface area contributed by atoms with Gasteiger partial charge in [0.15, 0.2) is 5.79 Å². The number of ether oxygens (including phenoxy) is 2. The molecule has 5 fully saturated rings. The molecule has 1 spiro atoms. The van der Waals surface area contributed by atoms with Gasteiger partial charge in [-0.3, -0.25) is 0 Å². The number of rotatable bonds is 0. The van der Waals surface area contributed by atoms with Crippen molar-refractivity contribution in [3.05, 3.63) is 12.2 Å². The Balaban J connectivity index is 1.59. The molecule has 1 N–H and O–H groups in total. The molecule has 1 heterocycles. The first-order valence-electron chi connectivity index (χ1n) is 11.0. The highest BCUT2D eigenvalue weighted by Gasteiger charge is 2.76. The van der Waals surface area contributed by atoms with Crippen LogP contribution in [0.2, 0.25) is 0 Å². The molecule has 4 aliphatic carbocycles. The molecule has 0 bridgehead atoms. The Morgan fingerprint density at radius 3 is 2.67 bits per heavy atom. The maximum Gasteiger partial charge on any atom is 0.163 e. The summed E-state index contributed by atoms with van der Waals surface area (Å²) in [6.07, 6.45) is 12.5. The number of hydrogen-bond acceptors (Lipinski definition) is 3. The first-order chi connectivity index (χ1) is 12.8. The minimum atomic E-state index is -0.570. The second-order valence-corrected chi connectivity index (χ2v) is 10.4. The van der Waals surface area contributed by atoms with E-state index < -0.39 is 5.79 Å². The summed E-state index contributed by atoms with van der Waals surface area (Å²) in [5.41, 5.74) is 1.25. The summed E-state index contributed by atoms with van der Waals surface area (Å²) >= 11 is 0. The third-order valence-electron chi connectivity index (χ3n) is 8.98. The molecule has 0 amide bonds. The van der Waals surface area contributed by atoms with Crippen molar-refractivity contribution in [1.82, 2.24) is 0 Å². The number of terminal acetylenes is 1. The molecule has 0 aromatic carbocycles. The third-order valence-corrected chi connectivity index (χ3v) is 8.98. The summed E-state index contributed by atoms with van der Waals surface area (Å²) in [7, 11) is 0. The molecule has 1 saturated heterocycles. The monoisotopic (exact) mass is 370 g/mol. The van der Waals surface area contributed by atoms with E-state index in [1.165, 1.54) is 5.57 Å². The van der Waals surface area contributed by atoms with Crippen molar-refractivity contribution >= 4 is 0 Å². The predicted octanol–water partition coefficient (Wildman–Crippen LogP) is 4.16. The summed E-state index contributed by atoms with van der Waals surface area (Å²) < 4.78 is 12.9. The van der Waals surface area contributed by atoms with Crippen LogP contribution < -0.4 is 0 Å². The van der Waals surface area contributed by atoms with Crippen LogP contribution in [0.25, 0.3) is 0 Å². The smallest absolute Gasteiger partial charge is 0.163 e. The second kappa shape index (κ2) is 5.85. The van der Waals surface area contributed by atoms with Gasteiger partial charge in [0.25, 0.3) is 0 Å². The maximum absolute atomic E-state index is 11.3. The van der Waals surface area contributed by atoms with Gasteiger partial charge in [-0.15, -0.1) is 12.3 Å². The molecular weight excluding hydrogens is 336 g/mol. The molecule has 3 nitrogen and oxygen atoms in total. The lowest BCUT2D eigenvalue weighted by Crippen LogP contribution is -2.62. The lowest BCUT2D eigenvalue weighted by molar-refractivity contribution is -0.342. The van der Waals surface area contributed by atoms with Crippen LogP contribution in [-0.4, -0.2) is 29.2 Å². The standard InChI is InChI=1S/C24H34O3/c1-6-15-8-7-9-17-22(25)24(17)16-11-10-13(2)21-20(16)19(12-18(24)14(15)3)26-23(4,5)27-21/h1,14-22,25H,2,7-12H2,3-5H3/t14?,15-,16?,17?,18?,19+,20?,21-,22+,24-/m0/s1. The van der Waals surface area contributed by atoms with Crippen molar-refractivity contribution in [3.63, 3.8) is 0 Å². The molecule has 0 radical (unpaired) electrons. The number of aliphatic hydroxyl groups excluding tert-OH is 1. The molecule has 5 aliphatic rings. The molecule has 1 aliphatic heterocycles. The van der Waals surface area contributed by atoms with E-state index in [1.807, 2.05) is 13.8 Å². The zero-order chi connectivity index (χ0) is 19.1. The topological polar surface area (TPSA) is 38.7 Å². The molecule has 27 heavy (non-hydrogen) atoms. The van der Waals surface area contributed by atoms with E-state index in [2.05, 4.69) is 19.4 Å². The van der Waals surface area contributed by atoms with Gasteiger partial charge in [-0.25, -0.2) is 0 Å². The zero-order valence-corrected chi connectivity index (χ0v) is 17.0. The first kappa shape index (κ1) is 18.2. The van der Waals surface area contributed by atoms with E-state index in [1.54, 1.807) is 0 Å². The van der Waals surface area contributed by atoms with Crippen molar-refractivity contribution in [1.29, 1.82) is 0 Å². The van der Waals surface area contributed by atoms with Gasteiger partial charge in [-0.2, -0.15) is 0 Å². The molecule has 0 aromatic heterocycles. The Labute approximate surface area is 163 Å². The Morgan fingerprint density at radius 1 is 1.15 bits per heavy atom. The number of aliphatic hydroxyl groups is 1. The Hall–Kier alpha value is -0.820. The molecule has 5 rings (SSSR count). The van der Waals surface area contributed by atoms with Crippen molar-refractivity contribution in [2.75, 3.05) is 0 Å². The van der Waals surface area contributed by atoms with Crippen molar-refractivity contribution in [2.45, 2.75) is 83.4 Å². The SMILES string of the molecule is C#C[C@H]1CCCC2[C@@H](O)[C@]23C(C[C@H]2OC(C)(C)O[C@H]4C(=C)CCC3C24)C1C. The van der Waals surface area contributed by atoms with E-state index in [0.717, 1.165) is 38.5 Å². The fourth-order valence-electron chi connectivity index (χ4n) is 7.95. The highest BCUT2D eigenvalue weighted by atomic mass is 16.7. The van der Waals surface area contributed by atoms with Crippen LogP contribution >= 0.6 is 0 Å². The van der Waals surface area contributed by atoms with Gasteiger partial charge in [0, 0.05) is 17.3 Å². The minimum absolute atomic E-state index is 0.0310. The summed E-state index contributed by atoms with van der Waals surface area (Å²) in [5.74, 6) is 4.98. The van der Waals surface area contributed by atoms with Gasteiger partial charge >= 0.3 is 0 Å². The van der Waals surface area contributed by atoms with E-state index in [9.17, 15) is 5.11 Å². The van der Waals surface area contributed by atoms with Crippen LogP contribution in [0.4, 0.5) is 0 Å². The molecule has 5 unspecified atom stereocenters. The van der Waals surface area contributed by atoms with Gasteiger partial charge in [-0.1, -0.05) is 19.9 Å². The van der Waals surface area contributed by atoms with Crippen LogP contribution in [0.1, 0.15) is 59.3 Å². The van der Waals surface area contributed by atoms with Crippen LogP contribution in [0.3, 0.4) is 0 Å². The Bertz CT molecular complexity index is 690. The highest BCUT2D eigenvalue weighted by Crippen LogP contribution is 2.74. The summed E-state index contributed by atoms with van der Waals surface area (Å²) in [6.45, 7) is 10.8. The fourth-order valence-corrected chi connectivity index (χ4v) is 7.95. The third kappa shape index (κ3) is 2.33. The van der Waals surface area contributed by atoms with E-state index in [4.69, 9.17) is 15.9 Å². The lowest BCUT2D eigenvalue weighted by atomic mass is 9.51. The van der Waals surface area contributed by atoms with Gasteiger partial charge in [0.2, 0.25) is 0 Å². The van der Waals surface area contributed by atoms with Crippen molar-refractivity contribution in [3.8, 4) is 12.3 Å². The first-order valence-corrected chi connectivity index (χ1v) is 11.0. The van der Waals surface area contributed by atoms with Crippen LogP contribution in [0.15, 0.2) is 12.2 Å². The largest absolute Gasteiger partial charge is 0.392 e. The lowest BCUT2D eigenvalue weighted by Gasteiger charge is -2.60. The van der Waals surface area contributed by atoms with E-state index >= 15 is 0 Å². The fraction of sp³-hybridized carbons (Fsp3) is 0.833. The maximum atomic E-state index is 11.3. The molecule has 0 aromatic rings. The average Bonchev–Trinajstić information content (AvgIpc) is 3.17. The van der Waals surface area contributed by atoms with Gasteiger partial charge in [-0.05, 0) is 75.2 Å². The van der Waals surface area contributed by atoms with E-state index in [-0.39, 0.29) is 23.7 Å². The minimum Gasteiger partial charge on any atom is -0.392 e. The molecule has 4 saturated carbocycles. The molecule has 148 valence electrons. The molecular formula is C24H34O3. The van der Waals surface area contributed by atoms with Crippen LogP contribution in [-0.2, 0) is 9.47 Å². The second-order valence-electron chi connectivity index (χ2n) is 10.4. The summed E-state index contributed by atoms with van der Waals surface area (Å²) in [6, 6.07) is 0. The Kier molecular flexibility index (Phi) is 3.95. The normalized spacial score (nSPS) is 55.8. The summed E-state index contributed by atoms with van der Waals surface area (Å²) in [5, 5.41) is 11.3. The Morgan fingerprint density at radius 2 is 1.93 bits per heavy atom. The highest BCUT2D eigenvalue weighted by molar-refractivity contribution is 5.28. The van der Waals surface area contributed by atoms with E-state index in [0.29, 0.717) is 35.5 Å².